The number of hydrazine groups is 1. The molecule has 0 unspecified atom stereocenters. The Morgan fingerprint density at radius 1 is 1.29 bits per heavy atom. The van der Waals surface area contributed by atoms with Crippen molar-refractivity contribution in [2.45, 2.75) is 26.8 Å². The van der Waals surface area contributed by atoms with E-state index < -0.39 is 18.2 Å². The maximum absolute atomic E-state index is 12.3. The number of Topliss-reactive ketones (excluding diaryl/α,β-unsaturated/α-hetero) is 1. The van der Waals surface area contributed by atoms with Gasteiger partial charge in [0.1, 0.15) is 6.04 Å². The van der Waals surface area contributed by atoms with Crippen LogP contribution in [0.25, 0.3) is 0 Å². The number of nitrogens with one attached hydrogen (secondary N) is 1. The molecule has 116 valence electrons. The van der Waals surface area contributed by atoms with Crippen LogP contribution in [0.2, 0.25) is 0 Å². The second kappa shape index (κ2) is 8.25. The number of hydrogen-bond donors (Lipinski definition) is 1. The highest BCUT2D eigenvalue weighted by atomic mass is 32.1. The molecule has 1 atom stereocenters. The van der Waals surface area contributed by atoms with Crippen LogP contribution < -0.4 is 5.43 Å². The lowest BCUT2D eigenvalue weighted by molar-refractivity contribution is 0.0517. The van der Waals surface area contributed by atoms with Crippen LogP contribution in [-0.4, -0.2) is 42.2 Å². The summed E-state index contributed by atoms with van der Waals surface area (Å²) in [6, 6.07) is 2.47. The van der Waals surface area contributed by atoms with Crippen molar-refractivity contribution in [3.8, 4) is 0 Å². The van der Waals surface area contributed by atoms with Crippen molar-refractivity contribution in [1.82, 2.24) is 10.4 Å². The van der Waals surface area contributed by atoms with Gasteiger partial charge < -0.3 is 9.47 Å². The second-order valence-corrected chi connectivity index (χ2v) is 4.87. The van der Waals surface area contributed by atoms with Crippen LogP contribution in [0.1, 0.15) is 30.4 Å². The van der Waals surface area contributed by atoms with Gasteiger partial charge in [0.05, 0.1) is 18.1 Å². The van der Waals surface area contributed by atoms with E-state index in [4.69, 9.17) is 9.47 Å². The lowest BCUT2D eigenvalue weighted by atomic mass is 10.2. The predicted octanol–water partition coefficient (Wildman–Crippen LogP) is 2.44. The number of hydrogen-bond acceptors (Lipinski definition) is 6. The summed E-state index contributed by atoms with van der Waals surface area (Å²) >= 11 is 1.26. The number of ether oxygens (including phenoxy) is 2. The SMILES string of the molecule is CCOC(=O)NN(C(=O)OCC)[C@@H](C)C(=O)c1cccs1. The van der Waals surface area contributed by atoms with E-state index in [9.17, 15) is 14.4 Å². The topological polar surface area (TPSA) is 84.9 Å². The van der Waals surface area contributed by atoms with Crippen LogP contribution in [-0.2, 0) is 9.47 Å². The molecule has 0 spiro atoms. The normalized spacial score (nSPS) is 11.4. The molecule has 0 radical (unpaired) electrons. The first-order chi connectivity index (χ1) is 10.0. The summed E-state index contributed by atoms with van der Waals surface area (Å²) in [4.78, 5) is 36.1. The van der Waals surface area contributed by atoms with E-state index in [-0.39, 0.29) is 19.0 Å². The summed E-state index contributed by atoms with van der Waals surface area (Å²) in [5.41, 5.74) is 2.23. The molecule has 1 aromatic heterocycles. The number of thiophene rings is 1. The molecule has 0 aliphatic carbocycles. The zero-order valence-corrected chi connectivity index (χ0v) is 12.9. The van der Waals surface area contributed by atoms with Crippen molar-refractivity contribution in [2.75, 3.05) is 13.2 Å². The van der Waals surface area contributed by atoms with Crippen LogP contribution >= 0.6 is 11.3 Å². The highest BCUT2D eigenvalue weighted by Crippen LogP contribution is 2.14. The smallest absolute Gasteiger partial charge is 0.429 e. The monoisotopic (exact) mass is 314 g/mol. The molecule has 2 amide bonds. The highest BCUT2D eigenvalue weighted by Gasteiger charge is 2.30. The molecule has 21 heavy (non-hydrogen) atoms. The average molecular weight is 314 g/mol. The first-order valence-corrected chi connectivity index (χ1v) is 7.36. The molecule has 0 fully saturated rings. The molecule has 0 aliphatic rings. The minimum absolute atomic E-state index is 0.125. The Labute approximate surface area is 126 Å². The molecule has 0 aliphatic heterocycles. The standard InChI is InChI=1S/C13H18N2O5S/c1-4-19-12(17)14-15(13(18)20-5-2)9(3)11(16)10-7-6-8-21-10/h6-9H,4-5H2,1-3H3,(H,14,17)/t9-/m0/s1. The van der Waals surface area contributed by atoms with Crippen molar-refractivity contribution in [2.24, 2.45) is 0 Å². The van der Waals surface area contributed by atoms with Crippen LogP contribution in [0.4, 0.5) is 9.59 Å². The number of ketones is 1. The third-order valence-corrected chi connectivity index (χ3v) is 3.37. The highest BCUT2D eigenvalue weighted by molar-refractivity contribution is 7.12. The number of nitrogens with zero attached hydrogens (tertiary/aromatic N) is 1. The first-order valence-electron chi connectivity index (χ1n) is 6.48. The third kappa shape index (κ3) is 4.75. The molecule has 0 saturated heterocycles. The number of carbonyl (C=O) groups is 3. The van der Waals surface area contributed by atoms with Gasteiger partial charge in [0, 0.05) is 0 Å². The van der Waals surface area contributed by atoms with Gasteiger partial charge in [-0.05, 0) is 32.2 Å². The second-order valence-electron chi connectivity index (χ2n) is 3.92. The molecule has 1 N–H and O–H groups in total. The minimum Gasteiger partial charge on any atom is -0.449 e. The maximum Gasteiger partial charge on any atom is 0.429 e. The lowest BCUT2D eigenvalue weighted by Crippen LogP contribution is -2.53. The zero-order chi connectivity index (χ0) is 15.8. The van der Waals surface area contributed by atoms with Gasteiger partial charge in [0.2, 0.25) is 0 Å². The van der Waals surface area contributed by atoms with Crippen LogP contribution in [0.5, 0.6) is 0 Å². The molecule has 1 heterocycles. The Balaban J connectivity index is 2.86. The third-order valence-electron chi connectivity index (χ3n) is 2.48. The van der Waals surface area contributed by atoms with E-state index in [1.807, 2.05) is 0 Å². The summed E-state index contributed by atoms with van der Waals surface area (Å²) in [5.74, 6) is -0.296. The van der Waals surface area contributed by atoms with E-state index in [0.29, 0.717) is 4.88 Å². The molecule has 0 bridgehead atoms. The van der Waals surface area contributed by atoms with Gasteiger partial charge in [-0.2, -0.15) is 0 Å². The fourth-order valence-corrected chi connectivity index (χ4v) is 2.24. The fraction of sp³-hybridized carbons (Fsp3) is 0.462. The van der Waals surface area contributed by atoms with Crippen molar-refractivity contribution in [3.05, 3.63) is 22.4 Å². The molecule has 1 aromatic rings. The van der Waals surface area contributed by atoms with E-state index in [1.165, 1.54) is 18.3 Å². The molecule has 0 aromatic carbocycles. The summed E-state index contributed by atoms with van der Waals surface area (Å²) in [6.45, 7) is 5.04. The number of rotatable bonds is 5. The van der Waals surface area contributed by atoms with Gasteiger partial charge in [0.15, 0.2) is 5.78 Å². The number of amides is 2. The summed E-state index contributed by atoms with van der Waals surface area (Å²) in [7, 11) is 0. The zero-order valence-electron chi connectivity index (χ0n) is 12.1. The van der Waals surface area contributed by atoms with Crippen LogP contribution in [0, 0.1) is 0 Å². The fourth-order valence-electron chi connectivity index (χ4n) is 1.50. The minimum atomic E-state index is -0.910. The van der Waals surface area contributed by atoms with Gasteiger partial charge >= 0.3 is 12.2 Å². The quantitative estimate of drug-likeness (QED) is 0.666. The molecule has 0 saturated carbocycles. The van der Waals surface area contributed by atoms with Crippen molar-refractivity contribution >= 4 is 29.3 Å². The summed E-state index contributed by atoms with van der Waals surface area (Å²) in [6.07, 6.45) is -1.64. The Hall–Kier alpha value is -2.09. The van der Waals surface area contributed by atoms with Gasteiger partial charge in [-0.25, -0.2) is 20.0 Å². The van der Waals surface area contributed by atoms with Crippen molar-refractivity contribution < 1.29 is 23.9 Å². The van der Waals surface area contributed by atoms with Crippen LogP contribution in [0.3, 0.4) is 0 Å². The van der Waals surface area contributed by atoms with Gasteiger partial charge in [0.25, 0.3) is 0 Å². The van der Waals surface area contributed by atoms with Gasteiger partial charge in [-0.15, -0.1) is 11.3 Å². The summed E-state index contributed by atoms with van der Waals surface area (Å²) in [5, 5.41) is 2.59. The predicted molar refractivity (Wildman–Crippen MR) is 77.1 cm³/mol. The number of carbonyl (C=O) groups excluding carboxylic acids is 3. The molecule has 8 heteroatoms. The summed E-state index contributed by atoms with van der Waals surface area (Å²) < 4.78 is 9.55. The van der Waals surface area contributed by atoms with Gasteiger partial charge in [-0.3, -0.25) is 4.79 Å². The Bertz CT molecular complexity index is 489. The Morgan fingerprint density at radius 3 is 2.48 bits per heavy atom. The van der Waals surface area contributed by atoms with E-state index in [1.54, 1.807) is 31.4 Å². The van der Waals surface area contributed by atoms with Crippen LogP contribution in [0.15, 0.2) is 17.5 Å². The van der Waals surface area contributed by atoms with Crippen molar-refractivity contribution in [3.63, 3.8) is 0 Å². The largest absolute Gasteiger partial charge is 0.449 e. The van der Waals surface area contributed by atoms with E-state index >= 15 is 0 Å². The molecular weight excluding hydrogens is 296 g/mol. The lowest BCUT2D eigenvalue weighted by Gasteiger charge is -2.26. The first kappa shape index (κ1) is 17.0. The molecular formula is C13H18N2O5S. The van der Waals surface area contributed by atoms with E-state index in [0.717, 1.165) is 5.01 Å². The Morgan fingerprint density at radius 2 is 1.95 bits per heavy atom. The van der Waals surface area contributed by atoms with E-state index in [2.05, 4.69) is 5.43 Å². The molecule has 7 nitrogen and oxygen atoms in total. The molecule has 1 rings (SSSR count). The van der Waals surface area contributed by atoms with Crippen molar-refractivity contribution in [1.29, 1.82) is 0 Å². The Kier molecular flexibility index (Phi) is 6.67. The average Bonchev–Trinajstić information content (AvgIpc) is 2.98. The van der Waals surface area contributed by atoms with Gasteiger partial charge in [-0.1, -0.05) is 6.07 Å². The maximum atomic E-state index is 12.3.